The molecule has 0 aromatic heterocycles. The highest BCUT2D eigenvalue weighted by Gasteiger charge is 2.15. The second kappa shape index (κ2) is 19.8. The maximum Gasteiger partial charge on any atom is 0.222 e. The van der Waals surface area contributed by atoms with Crippen LogP contribution in [0.15, 0.2) is 0 Å². The van der Waals surface area contributed by atoms with Crippen molar-refractivity contribution in [2.75, 3.05) is 32.9 Å². The highest BCUT2D eigenvalue weighted by Crippen LogP contribution is 2.17. The fraction of sp³-hybridized carbons (Fsp3) is 0.920. The zero-order valence-corrected chi connectivity index (χ0v) is 19.5. The predicted octanol–water partition coefficient (Wildman–Crippen LogP) is 6.02. The Kier molecular flexibility index (Phi) is 17.8. The number of carbonyl (C=O) groups is 1. The van der Waals surface area contributed by atoms with Crippen LogP contribution in [-0.4, -0.2) is 49.8 Å². The maximum absolute atomic E-state index is 12.1. The van der Waals surface area contributed by atoms with E-state index in [4.69, 9.17) is 14.7 Å². The van der Waals surface area contributed by atoms with Crippen LogP contribution in [0.5, 0.6) is 0 Å². The predicted molar refractivity (Wildman–Crippen MR) is 122 cm³/mol. The van der Waals surface area contributed by atoms with E-state index >= 15 is 0 Å². The monoisotopic (exact) mass is 422 g/mol. The van der Waals surface area contributed by atoms with Crippen molar-refractivity contribution < 1.29 is 14.3 Å². The minimum atomic E-state index is 0.305. The minimum absolute atomic E-state index is 0.305. The molecule has 0 saturated carbocycles. The SMILES string of the molecule is CCCCCCC(CCCCCCCCCCC(=O)N1CCOCC1)OCCC#N. The van der Waals surface area contributed by atoms with Crippen LogP contribution in [0, 0.1) is 11.3 Å². The lowest BCUT2D eigenvalue weighted by molar-refractivity contribution is -0.135. The summed E-state index contributed by atoms with van der Waals surface area (Å²) in [5, 5.41) is 8.71. The van der Waals surface area contributed by atoms with Crippen LogP contribution in [0.4, 0.5) is 0 Å². The van der Waals surface area contributed by atoms with E-state index in [2.05, 4.69) is 13.0 Å². The Morgan fingerprint density at radius 1 is 0.933 bits per heavy atom. The van der Waals surface area contributed by atoms with Crippen molar-refractivity contribution in [3.05, 3.63) is 0 Å². The molecule has 30 heavy (non-hydrogen) atoms. The van der Waals surface area contributed by atoms with Gasteiger partial charge in [0.1, 0.15) is 0 Å². The summed E-state index contributed by atoms with van der Waals surface area (Å²) < 4.78 is 11.2. The van der Waals surface area contributed by atoms with E-state index in [-0.39, 0.29) is 0 Å². The number of nitriles is 1. The van der Waals surface area contributed by atoms with Crippen LogP contribution in [0.25, 0.3) is 0 Å². The molecule has 5 heteroatoms. The van der Waals surface area contributed by atoms with Crippen molar-refractivity contribution in [2.45, 2.75) is 116 Å². The van der Waals surface area contributed by atoms with E-state index in [9.17, 15) is 4.79 Å². The molecule has 0 radical (unpaired) electrons. The highest BCUT2D eigenvalue weighted by molar-refractivity contribution is 5.76. The summed E-state index contributed by atoms with van der Waals surface area (Å²) in [7, 11) is 0. The lowest BCUT2D eigenvalue weighted by Gasteiger charge is -2.26. The number of carbonyl (C=O) groups excluding carboxylic acids is 1. The molecule has 0 spiro atoms. The normalized spacial score (nSPS) is 15.1. The van der Waals surface area contributed by atoms with Gasteiger partial charge in [-0.25, -0.2) is 0 Å². The van der Waals surface area contributed by atoms with Gasteiger partial charge < -0.3 is 14.4 Å². The van der Waals surface area contributed by atoms with E-state index in [1.54, 1.807) is 0 Å². The summed E-state index contributed by atoms with van der Waals surface area (Å²) in [6.07, 6.45) is 18.8. The number of morpholine rings is 1. The van der Waals surface area contributed by atoms with Crippen LogP contribution >= 0.6 is 0 Å². The van der Waals surface area contributed by atoms with Gasteiger partial charge in [-0.15, -0.1) is 0 Å². The van der Waals surface area contributed by atoms with E-state index in [0.29, 0.717) is 44.7 Å². The van der Waals surface area contributed by atoms with Gasteiger partial charge in [-0.1, -0.05) is 77.6 Å². The van der Waals surface area contributed by atoms with Crippen molar-refractivity contribution in [3.8, 4) is 6.07 Å². The fourth-order valence-electron chi connectivity index (χ4n) is 4.06. The molecule has 0 aromatic rings. The highest BCUT2D eigenvalue weighted by atomic mass is 16.5. The molecule has 1 aliphatic heterocycles. The third-order valence-corrected chi connectivity index (χ3v) is 5.98. The van der Waals surface area contributed by atoms with Crippen molar-refractivity contribution in [2.24, 2.45) is 0 Å². The largest absolute Gasteiger partial charge is 0.378 e. The lowest BCUT2D eigenvalue weighted by Crippen LogP contribution is -2.40. The van der Waals surface area contributed by atoms with E-state index < -0.39 is 0 Å². The first-order chi connectivity index (χ1) is 14.8. The minimum Gasteiger partial charge on any atom is -0.378 e. The maximum atomic E-state index is 12.1. The summed E-state index contributed by atoms with van der Waals surface area (Å²) in [5.74, 6) is 0.305. The Balaban J connectivity index is 1.95. The molecular weight excluding hydrogens is 376 g/mol. The van der Waals surface area contributed by atoms with Gasteiger partial charge in [-0.3, -0.25) is 4.79 Å². The Hall–Kier alpha value is -1.12. The van der Waals surface area contributed by atoms with Crippen LogP contribution in [0.3, 0.4) is 0 Å². The molecule has 0 N–H and O–H groups in total. The molecule has 1 amide bonds. The number of unbranched alkanes of at least 4 members (excludes halogenated alkanes) is 10. The molecule has 0 aromatic carbocycles. The molecule has 0 aliphatic carbocycles. The number of rotatable bonds is 19. The number of hydrogen-bond acceptors (Lipinski definition) is 4. The van der Waals surface area contributed by atoms with E-state index in [1.165, 1.54) is 70.6 Å². The van der Waals surface area contributed by atoms with Crippen LogP contribution in [0.1, 0.15) is 110 Å². The van der Waals surface area contributed by atoms with Gasteiger partial charge in [0.2, 0.25) is 5.91 Å². The quantitative estimate of drug-likeness (QED) is 0.239. The summed E-state index contributed by atoms with van der Waals surface area (Å²) in [4.78, 5) is 14.0. The molecule has 1 saturated heterocycles. The molecule has 1 atom stereocenters. The molecule has 1 unspecified atom stereocenters. The fourth-order valence-corrected chi connectivity index (χ4v) is 4.06. The van der Waals surface area contributed by atoms with Gasteiger partial charge in [0.15, 0.2) is 0 Å². The zero-order valence-electron chi connectivity index (χ0n) is 19.5. The van der Waals surface area contributed by atoms with Crippen molar-refractivity contribution in [1.82, 2.24) is 4.90 Å². The number of amides is 1. The molecule has 1 fully saturated rings. The van der Waals surface area contributed by atoms with Crippen molar-refractivity contribution in [1.29, 1.82) is 5.26 Å². The Bertz CT molecular complexity index is 444. The third-order valence-electron chi connectivity index (χ3n) is 5.98. The Labute approximate surface area is 185 Å². The van der Waals surface area contributed by atoms with Crippen LogP contribution in [-0.2, 0) is 14.3 Å². The summed E-state index contributed by atoms with van der Waals surface area (Å²) in [5.41, 5.74) is 0. The standard InChI is InChI=1S/C25H46N2O3/c1-2-3-4-11-15-24(30-21-14-18-26)16-12-9-7-5-6-8-10-13-17-25(28)27-19-22-29-23-20-27/h24H,2-17,19-23H2,1H3. The third kappa shape index (κ3) is 14.8. The van der Waals surface area contributed by atoms with Gasteiger partial charge in [-0.05, 0) is 19.3 Å². The van der Waals surface area contributed by atoms with Crippen molar-refractivity contribution >= 4 is 5.91 Å². The van der Waals surface area contributed by atoms with Gasteiger partial charge in [0, 0.05) is 19.5 Å². The molecule has 0 bridgehead atoms. The topological polar surface area (TPSA) is 62.6 Å². The Morgan fingerprint density at radius 3 is 2.10 bits per heavy atom. The smallest absolute Gasteiger partial charge is 0.222 e. The first-order valence-electron chi connectivity index (χ1n) is 12.6. The molecule has 1 rings (SSSR count). The average Bonchev–Trinajstić information content (AvgIpc) is 2.78. The first-order valence-corrected chi connectivity index (χ1v) is 12.6. The Morgan fingerprint density at radius 2 is 1.50 bits per heavy atom. The second-order valence-electron chi connectivity index (χ2n) is 8.61. The number of ether oxygens (including phenoxy) is 2. The molecule has 174 valence electrons. The van der Waals surface area contributed by atoms with Crippen molar-refractivity contribution in [3.63, 3.8) is 0 Å². The van der Waals surface area contributed by atoms with E-state index in [1.807, 2.05) is 4.90 Å². The number of nitrogens with zero attached hydrogens (tertiary/aromatic N) is 2. The van der Waals surface area contributed by atoms with Gasteiger partial charge in [0.05, 0.1) is 38.4 Å². The van der Waals surface area contributed by atoms with Crippen LogP contribution in [0.2, 0.25) is 0 Å². The van der Waals surface area contributed by atoms with Gasteiger partial charge in [-0.2, -0.15) is 5.26 Å². The van der Waals surface area contributed by atoms with E-state index in [0.717, 1.165) is 32.4 Å². The zero-order chi connectivity index (χ0) is 21.7. The summed E-state index contributed by atoms with van der Waals surface area (Å²) in [6.45, 7) is 5.74. The lowest BCUT2D eigenvalue weighted by atomic mass is 10.0. The first kappa shape index (κ1) is 26.9. The molecule has 1 aliphatic rings. The van der Waals surface area contributed by atoms with Gasteiger partial charge in [0.25, 0.3) is 0 Å². The second-order valence-corrected chi connectivity index (χ2v) is 8.61. The summed E-state index contributed by atoms with van der Waals surface area (Å²) >= 11 is 0. The molecular formula is C25H46N2O3. The number of hydrogen-bond donors (Lipinski definition) is 0. The summed E-state index contributed by atoms with van der Waals surface area (Å²) in [6, 6.07) is 2.18. The molecule has 1 heterocycles. The van der Waals surface area contributed by atoms with Crippen LogP contribution < -0.4 is 0 Å². The molecule has 5 nitrogen and oxygen atoms in total. The van der Waals surface area contributed by atoms with Gasteiger partial charge >= 0.3 is 0 Å². The average molecular weight is 423 g/mol.